The summed E-state index contributed by atoms with van der Waals surface area (Å²) < 4.78 is 0. The lowest BCUT2D eigenvalue weighted by atomic mass is 9.87. The Balaban J connectivity index is 1.84. The highest BCUT2D eigenvalue weighted by molar-refractivity contribution is 6.01. The second kappa shape index (κ2) is 5.07. The van der Waals surface area contributed by atoms with E-state index in [0.717, 1.165) is 11.1 Å². The Morgan fingerprint density at radius 3 is 2.05 bits per heavy atom. The summed E-state index contributed by atoms with van der Waals surface area (Å²) in [5.41, 5.74) is 2.03. The molecule has 2 aromatic rings. The van der Waals surface area contributed by atoms with Gasteiger partial charge in [-0.05, 0) is 11.1 Å². The number of hydrogen-bond donors (Lipinski definition) is 0. The molecule has 0 radical (unpaired) electrons. The molecule has 2 heterocycles. The van der Waals surface area contributed by atoms with E-state index in [2.05, 4.69) is 0 Å². The van der Waals surface area contributed by atoms with Gasteiger partial charge in [-0.15, -0.1) is 0 Å². The molecule has 22 heavy (non-hydrogen) atoms. The minimum Gasteiger partial charge on any atom is -0.273 e. The van der Waals surface area contributed by atoms with Crippen LogP contribution in [0.15, 0.2) is 60.7 Å². The molecule has 4 nitrogen and oxygen atoms in total. The third-order valence-electron chi connectivity index (χ3n) is 4.46. The molecule has 0 aliphatic carbocycles. The molecule has 0 saturated carbocycles. The summed E-state index contributed by atoms with van der Waals surface area (Å²) in [5, 5.41) is 3.28. The maximum Gasteiger partial charge on any atom is 0.253 e. The average Bonchev–Trinajstić information content (AvgIpc) is 3.08. The summed E-state index contributed by atoms with van der Waals surface area (Å²) in [6.07, 6.45) is 0.413. The van der Waals surface area contributed by atoms with E-state index in [0.29, 0.717) is 13.0 Å². The van der Waals surface area contributed by atoms with Crippen molar-refractivity contribution in [2.24, 2.45) is 0 Å². The van der Waals surface area contributed by atoms with Crippen molar-refractivity contribution in [1.82, 2.24) is 10.0 Å². The molecule has 110 valence electrons. The Morgan fingerprint density at radius 2 is 1.41 bits per heavy atom. The van der Waals surface area contributed by atoms with E-state index < -0.39 is 0 Å². The Labute approximate surface area is 128 Å². The Kier molecular flexibility index (Phi) is 3.05. The normalized spacial score (nSPS) is 24.8. The zero-order valence-electron chi connectivity index (χ0n) is 12.1. The van der Waals surface area contributed by atoms with Gasteiger partial charge < -0.3 is 0 Å². The third kappa shape index (κ3) is 1.88. The number of carbonyl (C=O) groups excluding carboxylic acids is 2. The van der Waals surface area contributed by atoms with Crippen molar-refractivity contribution in [3.8, 4) is 0 Å². The van der Waals surface area contributed by atoms with Crippen molar-refractivity contribution in [3.05, 3.63) is 71.8 Å². The number of imide groups is 1. The summed E-state index contributed by atoms with van der Waals surface area (Å²) in [5.74, 6) is -0.528. The fraction of sp³-hybridized carbons (Fsp3) is 0.222. The lowest BCUT2D eigenvalue weighted by molar-refractivity contribution is -0.149. The molecule has 4 rings (SSSR count). The van der Waals surface area contributed by atoms with Crippen LogP contribution in [0.2, 0.25) is 0 Å². The SMILES string of the molecule is O=C1CCN2[C@@H](c3ccccc3)[C@H](c3ccccc3)C(=O)N12. The molecular weight excluding hydrogens is 276 g/mol. The third-order valence-corrected chi connectivity index (χ3v) is 4.46. The molecule has 2 fully saturated rings. The lowest BCUT2D eigenvalue weighted by Crippen LogP contribution is -2.36. The first-order valence-corrected chi connectivity index (χ1v) is 7.50. The Bertz CT molecular complexity index is 714. The van der Waals surface area contributed by atoms with E-state index in [9.17, 15) is 9.59 Å². The molecule has 0 bridgehead atoms. The van der Waals surface area contributed by atoms with Crippen molar-refractivity contribution < 1.29 is 9.59 Å². The fourth-order valence-electron chi connectivity index (χ4n) is 3.51. The standard InChI is InChI=1S/C18H16N2O2/c21-15-11-12-19-17(14-9-5-2-6-10-14)16(18(22)20(15)19)13-7-3-1-4-8-13/h1-10,16-17H,11-12H2/t16-,17-/m0/s1. The van der Waals surface area contributed by atoms with Crippen LogP contribution in [-0.2, 0) is 9.59 Å². The lowest BCUT2D eigenvalue weighted by Gasteiger charge is -2.25. The highest BCUT2D eigenvalue weighted by atomic mass is 16.2. The number of amides is 2. The van der Waals surface area contributed by atoms with Crippen LogP contribution in [-0.4, -0.2) is 28.4 Å². The number of benzene rings is 2. The van der Waals surface area contributed by atoms with Crippen LogP contribution < -0.4 is 0 Å². The van der Waals surface area contributed by atoms with E-state index in [1.807, 2.05) is 65.7 Å². The van der Waals surface area contributed by atoms with Crippen LogP contribution in [0.3, 0.4) is 0 Å². The van der Waals surface area contributed by atoms with Gasteiger partial charge in [0, 0.05) is 13.0 Å². The monoisotopic (exact) mass is 292 g/mol. The summed E-state index contributed by atoms with van der Waals surface area (Å²) in [4.78, 5) is 24.9. The Hall–Kier alpha value is -2.46. The highest BCUT2D eigenvalue weighted by Crippen LogP contribution is 2.45. The van der Waals surface area contributed by atoms with E-state index in [1.54, 1.807) is 0 Å². The van der Waals surface area contributed by atoms with Gasteiger partial charge in [0.1, 0.15) is 0 Å². The van der Waals surface area contributed by atoms with Crippen molar-refractivity contribution in [3.63, 3.8) is 0 Å². The minimum atomic E-state index is -0.326. The van der Waals surface area contributed by atoms with Gasteiger partial charge in [-0.1, -0.05) is 60.7 Å². The number of hydrazine groups is 1. The van der Waals surface area contributed by atoms with E-state index >= 15 is 0 Å². The summed E-state index contributed by atoms with van der Waals surface area (Å²) in [6.45, 7) is 0.605. The zero-order chi connectivity index (χ0) is 15.1. The number of fused-ring (bicyclic) bond motifs is 1. The smallest absolute Gasteiger partial charge is 0.253 e. The highest BCUT2D eigenvalue weighted by Gasteiger charge is 2.53. The predicted molar refractivity (Wildman–Crippen MR) is 81.5 cm³/mol. The number of rotatable bonds is 2. The minimum absolute atomic E-state index is 0.0932. The second-order valence-electron chi connectivity index (χ2n) is 5.70. The molecule has 0 aromatic heterocycles. The topological polar surface area (TPSA) is 40.6 Å². The molecule has 2 aliphatic rings. The van der Waals surface area contributed by atoms with Crippen molar-refractivity contribution in [2.45, 2.75) is 18.4 Å². The summed E-state index contributed by atoms with van der Waals surface area (Å²) in [7, 11) is 0. The van der Waals surface area contributed by atoms with Crippen molar-refractivity contribution >= 4 is 11.8 Å². The van der Waals surface area contributed by atoms with Crippen molar-refractivity contribution in [2.75, 3.05) is 6.54 Å². The first-order chi connectivity index (χ1) is 10.8. The maximum absolute atomic E-state index is 12.8. The molecule has 2 saturated heterocycles. The van der Waals surface area contributed by atoms with E-state index in [4.69, 9.17) is 0 Å². The molecule has 2 aliphatic heterocycles. The first-order valence-electron chi connectivity index (χ1n) is 7.50. The van der Waals surface area contributed by atoms with Crippen LogP contribution in [0, 0.1) is 0 Å². The molecular formula is C18H16N2O2. The van der Waals surface area contributed by atoms with Crippen LogP contribution >= 0.6 is 0 Å². The van der Waals surface area contributed by atoms with Gasteiger partial charge in [0.15, 0.2) is 0 Å². The summed E-state index contributed by atoms with van der Waals surface area (Å²) in [6, 6.07) is 19.6. The van der Waals surface area contributed by atoms with Gasteiger partial charge >= 0.3 is 0 Å². The van der Waals surface area contributed by atoms with Gasteiger partial charge in [-0.25, -0.2) is 10.0 Å². The Morgan fingerprint density at radius 1 is 0.818 bits per heavy atom. The maximum atomic E-state index is 12.8. The van der Waals surface area contributed by atoms with Gasteiger partial charge in [0.25, 0.3) is 5.91 Å². The van der Waals surface area contributed by atoms with Crippen molar-refractivity contribution in [1.29, 1.82) is 0 Å². The van der Waals surface area contributed by atoms with Crippen LogP contribution in [0.1, 0.15) is 29.5 Å². The second-order valence-corrected chi connectivity index (χ2v) is 5.70. The molecule has 0 unspecified atom stereocenters. The van der Waals surface area contributed by atoms with E-state index in [1.165, 1.54) is 5.01 Å². The molecule has 2 aromatic carbocycles. The fourth-order valence-corrected chi connectivity index (χ4v) is 3.51. The summed E-state index contributed by atoms with van der Waals surface area (Å²) >= 11 is 0. The van der Waals surface area contributed by atoms with Gasteiger partial charge in [0.05, 0.1) is 12.0 Å². The molecule has 0 spiro atoms. The first kappa shape index (κ1) is 13.2. The molecule has 0 N–H and O–H groups in total. The van der Waals surface area contributed by atoms with Crippen LogP contribution in [0.25, 0.3) is 0 Å². The largest absolute Gasteiger partial charge is 0.273 e. The van der Waals surface area contributed by atoms with Crippen LogP contribution in [0.5, 0.6) is 0 Å². The molecule has 4 heteroatoms. The number of hydrogen-bond acceptors (Lipinski definition) is 3. The average molecular weight is 292 g/mol. The predicted octanol–water partition coefficient (Wildman–Crippen LogP) is 2.50. The number of nitrogens with zero attached hydrogens (tertiary/aromatic N) is 2. The number of carbonyl (C=O) groups is 2. The molecule has 2 atom stereocenters. The van der Waals surface area contributed by atoms with Crippen LogP contribution in [0.4, 0.5) is 0 Å². The van der Waals surface area contributed by atoms with Gasteiger partial charge in [0.2, 0.25) is 5.91 Å². The van der Waals surface area contributed by atoms with Gasteiger partial charge in [-0.2, -0.15) is 0 Å². The van der Waals surface area contributed by atoms with Gasteiger partial charge in [-0.3, -0.25) is 9.59 Å². The molecule has 2 amide bonds. The quantitative estimate of drug-likeness (QED) is 0.799. The van der Waals surface area contributed by atoms with E-state index in [-0.39, 0.29) is 23.8 Å². The zero-order valence-corrected chi connectivity index (χ0v) is 12.1.